The van der Waals surface area contributed by atoms with Crippen molar-refractivity contribution < 1.29 is 25.9 Å². The van der Waals surface area contributed by atoms with Crippen LogP contribution in [0.25, 0.3) is 0 Å². The maximum absolute atomic E-state index is 8.74. The van der Waals surface area contributed by atoms with Gasteiger partial charge in [-0.1, -0.05) is 0 Å². The summed E-state index contributed by atoms with van der Waals surface area (Å²) in [5.74, 6) is 0. The Kier molecular flexibility index (Phi) is 12.3. The molecule has 0 rings (SSSR count). The predicted octanol–water partition coefficient (Wildman–Crippen LogP) is -1.63. The fraction of sp³-hybridized carbons (Fsp3) is 0. The average molecular weight is 206 g/mol. The van der Waals surface area contributed by atoms with E-state index in [0.717, 1.165) is 0 Å². The van der Waals surface area contributed by atoms with Gasteiger partial charge in [-0.15, -0.1) is 0 Å². The Hall–Kier alpha value is 1.31. The molecule has 0 aliphatic carbocycles. The SMILES string of the molecule is O.O=S(=O)(O)O.[H-].[H-].[Sr+2]. The van der Waals surface area contributed by atoms with Crippen LogP contribution in [0.4, 0.5) is 0 Å². The Morgan fingerprint density at radius 2 is 1.29 bits per heavy atom. The van der Waals surface area contributed by atoms with Crippen molar-refractivity contribution in [2.75, 3.05) is 0 Å². The molecule has 0 spiro atoms. The van der Waals surface area contributed by atoms with E-state index in [1.807, 2.05) is 0 Å². The second-order valence-electron chi connectivity index (χ2n) is 0.448. The van der Waals surface area contributed by atoms with Crippen LogP contribution in [0.1, 0.15) is 2.85 Å². The molecule has 0 aromatic carbocycles. The molecule has 0 radical (unpaired) electrons. The number of rotatable bonds is 0. The Labute approximate surface area is 80.8 Å². The van der Waals surface area contributed by atoms with Crippen molar-refractivity contribution in [3.63, 3.8) is 0 Å². The molecule has 7 heavy (non-hydrogen) atoms. The van der Waals surface area contributed by atoms with Crippen LogP contribution in [0, 0.1) is 0 Å². The van der Waals surface area contributed by atoms with E-state index in [9.17, 15) is 0 Å². The first-order valence-electron chi connectivity index (χ1n) is 0.698. The topological polar surface area (TPSA) is 106 Å². The van der Waals surface area contributed by atoms with E-state index < -0.39 is 10.4 Å². The molecule has 0 bridgehead atoms. The third kappa shape index (κ3) is 120. The van der Waals surface area contributed by atoms with Crippen LogP contribution in [-0.4, -0.2) is 68.5 Å². The average Bonchev–Trinajstić information content (AvgIpc) is 0.722. The van der Waals surface area contributed by atoms with E-state index in [2.05, 4.69) is 0 Å². The zero-order valence-corrected chi connectivity index (χ0v) is 7.62. The summed E-state index contributed by atoms with van der Waals surface area (Å²) in [6.45, 7) is 0. The van der Waals surface area contributed by atoms with Gasteiger partial charge in [0.05, 0.1) is 0 Å². The molecule has 0 aliphatic rings. The molecule has 0 amide bonds. The minimum atomic E-state index is -4.67. The minimum Gasteiger partial charge on any atom is -1.00 e. The fourth-order valence-corrected chi connectivity index (χ4v) is 0. The summed E-state index contributed by atoms with van der Waals surface area (Å²) in [4.78, 5) is 0. The van der Waals surface area contributed by atoms with E-state index in [-0.39, 0.29) is 53.8 Å². The summed E-state index contributed by atoms with van der Waals surface area (Å²) in [5.41, 5.74) is 0. The summed E-state index contributed by atoms with van der Waals surface area (Å²) in [7, 11) is -4.67. The Morgan fingerprint density at radius 1 is 1.29 bits per heavy atom. The Balaban J connectivity index is -0.0000000133. The van der Waals surface area contributed by atoms with Crippen LogP contribution in [0.5, 0.6) is 0 Å². The molecule has 0 atom stereocenters. The summed E-state index contributed by atoms with van der Waals surface area (Å²) >= 11 is 0. The second kappa shape index (κ2) is 5.45. The standard InChI is InChI=1S/H2O4S.H2O.Sr.2H/c1-5(2,3)4;;;;/h(H2,1,2,3,4);1H2;;;/q;;+2;2*-1. The number of hydrogen-bond donors (Lipinski definition) is 2. The van der Waals surface area contributed by atoms with Crippen LogP contribution >= 0.6 is 0 Å². The van der Waals surface area contributed by atoms with Gasteiger partial charge in [0.15, 0.2) is 0 Å². The summed E-state index contributed by atoms with van der Waals surface area (Å²) in [6, 6.07) is 0. The molecule has 0 aliphatic heterocycles. The molecule has 44 valence electrons. The third-order valence-corrected chi connectivity index (χ3v) is 0. The molecule has 0 aromatic rings. The van der Waals surface area contributed by atoms with Gasteiger partial charge in [-0.05, 0) is 0 Å². The molecule has 0 heterocycles. The largest absolute Gasteiger partial charge is 2.00 e. The number of hydrogen-bond acceptors (Lipinski definition) is 2. The van der Waals surface area contributed by atoms with E-state index in [1.54, 1.807) is 0 Å². The maximum Gasteiger partial charge on any atom is 2.00 e. The van der Waals surface area contributed by atoms with Crippen molar-refractivity contribution in [2.45, 2.75) is 0 Å². The summed E-state index contributed by atoms with van der Waals surface area (Å²) in [6.07, 6.45) is 0. The van der Waals surface area contributed by atoms with Gasteiger partial charge in [0.25, 0.3) is 0 Å². The van der Waals surface area contributed by atoms with E-state index in [4.69, 9.17) is 17.5 Å². The molecule has 0 unspecified atom stereocenters. The monoisotopic (exact) mass is 206 g/mol. The van der Waals surface area contributed by atoms with Gasteiger partial charge in [0.1, 0.15) is 0 Å². The first-order valence-corrected chi connectivity index (χ1v) is 2.10. The van der Waals surface area contributed by atoms with Gasteiger partial charge in [-0.3, -0.25) is 9.11 Å². The van der Waals surface area contributed by atoms with Gasteiger partial charge in [-0.25, -0.2) is 0 Å². The van der Waals surface area contributed by atoms with Crippen molar-refractivity contribution in [3.05, 3.63) is 0 Å². The van der Waals surface area contributed by atoms with Gasteiger partial charge in [-0.2, -0.15) is 8.42 Å². The van der Waals surface area contributed by atoms with Crippen molar-refractivity contribution in [1.29, 1.82) is 0 Å². The smallest absolute Gasteiger partial charge is 1.00 e. The Morgan fingerprint density at radius 3 is 1.29 bits per heavy atom. The molecule has 4 N–H and O–H groups in total. The fourth-order valence-electron chi connectivity index (χ4n) is 0. The molecule has 5 nitrogen and oxygen atoms in total. The Bertz CT molecular complexity index is 98.1. The van der Waals surface area contributed by atoms with E-state index in [0.29, 0.717) is 0 Å². The van der Waals surface area contributed by atoms with E-state index >= 15 is 0 Å². The van der Waals surface area contributed by atoms with Gasteiger partial charge >= 0.3 is 55.9 Å². The third-order valence-electron chi connectivity index (χ3n) is 0. The predicted molar refractivity (Wildman–Crippen MR) is 25.8 cm³/mol. The van der Waals surface area contributed by atoms with Crippen LogP contribution in [0.15, 0.2) is 0 Å². The van der Waals surface area contributed by atoms with Crippen molar-refractivity contribution in [2.24, 2.45) is 0 Å². The minimum absolute atomic E-state index is 0. The molecule has 0 saturated heterocycles. The normalized spacial score (nSPS) is 8.29. The molecule has 0 fully saturated rings. The van der Waals surface area contributed by atoms with Crippen molar-refractivity contribution >= 4 is 55.9 Å². The molecule has 0 saturated carbocycles. The second-order valence-corrected chi connectivity index (χ2v) is 1.34. The van der Waals surface area contributed by atoms with Crippen molar-refractivity contribution in [3.8, 4) is 0 Å². The van der Waals surface area contributed by atoms with Gasteiger partial charge < -0.3 is 8.33 Å². The van der Waals surface area contributed by atoms with Gasteiger partial charge in [0, 0.05) is 0 Å². The van der Waals surface area contributed by atoms with E-state index in [1.165, 1.54) is 0 Å². The quantitative estimate of drug-likeness (QED) is 0.366. The van der Waals surface area contributed by atoms with Crippen LogP contribution < -0.4 is 0 Å². The zero-order chi connectivity index (χ0) is 4.50. The maximum atomic E-state index is 8.74. The summed E-state index contributed by atoms with van der Waals surface area (Å²) < 4.78 is 31.6. The molecular weight excluding hydrogens is 200 g/mol. The molecule has 7 heteroatoms. The summed E-state index contributed by atoms with van der Waals surface area (Å²) in [5, 5.41) is 0. The van der Waals surface area contributed by atoms with Gasteiger partial charge in [0.2, 0.25) is 0 Å². The molecular formula is H6O5SSr. The van der Waals surface area contributed by atoms with Crippen LogP contribution in [-0.2, 0) is 10.4 Å². The first-order chi connectivity index (χ1) is 2.00. The van der Waals surface area contributed by atoms with Crippen LogP contribution in [0.3, 0.4) is 0 Å². The van der Waals surface area contributed by atoms with Crippen LogP contribution in [0.2, 0.25) is 0 Å². The van der Waals surface area contributed by atoms with Crippen molar-refractivity contribution in [1.82, 2.24) is 0 Å². The molecule has 0 aromatic heterocycles. The zero-order valence-electron chi connectivity index (χ0n) is 5.33. The first kappa shape index (κ1) is 15.7.